The van der Waals surface area contributed by atoms with Gasteiger partial charge in [0, 0.05) is 29.9 Å². The molecule has 0 unspecified atom stereocenters. The highest BCUT2D eigenvalue weighted by Gasteiger charge is 2.35. The van der Waals surface area contributed by atoms with Gasteiger partial charge >= 0.3 is 0 Å². The van der Waals surface area contributed by atoms with Crippen LogP contribution in [-0.4, -0.2) is 37.9 Å². The summed E-state index contributed by atoms with van der Waals surface area (Å²) < 4.78 is 6.08. The number of fused-ring (bicyclic) bond motifs is 1. The fourth-order valence-electron chi connectivity index (χ4n) is 4.02. The molecule has 2 aromatic rings. The summed E-state index contributed by atoms with van der Waals surface area (Å²) in [4.78, 5) is 12.9. The lowest BCUT2D eigenvalue weighted by Gasteiger charge is -2.30. The van der Waals surface area contributed by atoms with E-state index >= 15 is 0 Å². The Morgan fingerprint density at radius 1 is 1.12 bits per heavy atom. The summed E-state index contributed by atoms with van der Waals surface area (Å²) in [7, 11) is 0. The normalized spacial score (nSPS) is 17.2. The highest BCUT2D eigenvalue weighted by atomic mass is 16.5. The number of Topliss-reactive ketones (excluding diaryl/α,β-unsaturated/α-hetero) is 1. The van der Waals surface area contributed by atoms with Crippen molar-refractivity contribution in [1.82, 2.24) is 0 Å². The van der Waals surface area contributed by atoms with Crippen LogP contribution in [0.5, 0.6) is 28.7 Å². The number of phenols is 4. The second-order valence-electron chi connectivity index (χ2n) is 8.72. The van der Waals surface area contributed by atoms with Gasteiger partial charge in [0.1, 0.15) is 40.4 Å². The summed E-state index contributed by atoms with van der Waals surface area (Å²) in [6.07, 6.45) is 2.08. The van der Waals surface area contributed by atoms with E-state index in [4.69, 9.17) is 4.74 Å². The smallest absolute Gasteiger partial charge is 0.174 e. The monoisotopic (exact) mass is 442 g/mol. The quantitative estimate of drug-likeness (QED) is 0.403. The Balaban J connectivity index is 2.05. The minimum atomic E-state index is -0.845. The molecule has 1 aliphatic rings. The Morgan fingerprint density at radius 2 is 1.84 bits per heavy atom. The summed E-state index contributed by atoms with van der Waals surface area (Å²) in [6, 6.07) is 5.17. The molecular formula is C25H30O7. The van der Waals surface area contributed by atoms with Crippen LogP contribution in [0.3, 0.4) is 0 Å². The number of benzene rings is 2. The van der Waals surface area contributed by atoms with E-state index in [0.29, 0.717) is 24.0 Å². The first-order chi connectivity index (χ1) is 15.1. The number of aliphatic hydroxyl groups excluding tert-OH is 1. The molecule has 5 N–H and O–H groups in total. The van der Waals surface area contributed by atoms with Crippen LogP contribution in [0.4, 0.5) is 0 Å². The highest BCUT2D eigenvalue weighted by Crippen LogP contribution is 2.47. The van der Waals surface area contributed by atoms with Gasteiger partial charge in [-0.1, -0.05) is 18.6 Å². The van der Waals surface area contributed by atoms with Gasteiger partial charge in [0.2, 0.25) is 0 Å². The van der Waals surface area contributed by atoms with Gasteiger partial charge in [0.25, 0.3) is 0 Å². The minimum absolute atomic E-state index is 0.00457. The van der Waals surface area contributed by atoms with Crippen LogP contribution in [0.25, 0.3) is 0 Å². The molecule has 0 radical (unpaired) electrons. The number of carbonyl (C=O) groups excluding carboxylic acids is 1. The van der Waals surface area contributed by atoms with Gasteiger partial charge in [-0.2, -0.15) is 0 Å². The van der Waals surface area contributed by atoms with E-state index in [9.17, 15) is 30.3 Å². The van der Waals surface area contributed by atoms with Crippen LogP contribution in [-0.2, 0) is 6.42 Å². The van der Waals surface area contributed by atoms with Crippen molar-refractivity contribution in [2.75, 3.05) is 6.61 Å². The summed E-state index contributed by atoms with van der Waals surface area (Å²) >= 11 is 0. The standard InChI is InChI=1S/C25H30O7/c1-13(2)4-5-15(14(3)12-26)8-18-20(29)10-21(30)24-22(31)11-23(32-25(18)24)17-7-6-16(27)9-19(17)28/h4,6-7,9-10,14-15,23,26-30H,5,8,11-12H2,1-3H3/t14-,15+,23-/m0/s1. The number of aliphatic hydroxyl groups is 1. The lowest BCUT2D eigenvalue weighted by Crippen LogP contribution is -2.23. The van der Waals surface area contributed by atoms with Gasteiger partial charge in [-0.15, -0.1) is 0 Å². The largest absolute Gasteiger partial charge is 0.508 e. The Kier molecular flexibility index (Phi) is 6.99. The number of carbonyl (C=O) groups is 1. The average Bonchev–Trinajstić information content (AvgIpc) is 2.71. The van der Waals surface area contributed by atoms with Gasteiger partial charge < -0.3 is 30.3 Å². The highest BCUT2D eigenvalue weighted by molar-refractivity contribution is 6.03. The number of hydrogen-bond acceptors (Lipinski definition) is 7. The van der Waals surface area contributed by atoms with Crippen LogP contribution in [0.2, 0.25) is 0 Å². The number of aromatic hydroxyl groups is 4. The van der Waals surface area contributed by atoms with Crippen LogP contribution in [0.15, 0.2) is 35.9 Å². The van der Waals surface area contributed by atoms with Gasteiger partial charge in [0.05, 0.1) is 6.42 Å². The van der Waals surface area contributed by atoms with E-state index in [1.54, 1.807) is 0 Å². The Hall–Kier alpha value is -3.19. The fraction of sp³-hybridized carbons (Fsp3) is 0.400. The predicted octanol–water partition coefficient (Wildman–Crippen LogP) is 4.36. The van der Waals surface area contributed by atoms with E-state index in [1.807, 2.05) is 20.8 Å². The molecule has 0 fully saturated rings. The maximum atomic E-state index is 12.9. The molecule has 0 bridgehead atoms. The van der Waals surface area contributed by atoms with Crippen molar-refractivity contribution in [3.05, 3.63) is 52.6 Å². The topological polar surface area (TPSA) is 127 Å². The van der Waals surface area contributed by atoms with E-state index in [-0.39, 0.29) is 65.0 Å². The van der Waals surface area contributed by atoms with E-state index in [2.05, 4.69) is 6.08 Å². The zero-order valence-electron chi connectivity index (χ0n) is 18.5. The minimum Gasteiger partial charge on any atom is -0.508 e. The average molecular weight is 443 g/mol. The molecule has 1 aliphatic heterocycles. The third-order valence-corrected chi connectivity index (χ3v) is 6.00. The maximum Gasteiger partial charge on any atom is 0.174 e. The molecular weight excluding hydrogens is 412 g/mol. The molecule has 3 rings (SSSR count). The van der Waals surface area contributed by atoms with E-state index in [0.717, 1.165) is 17.7 Å². The van der Waals surface area contributed by atoms with Gasteiger partial charge in [-0.05, 0) is 50.7 Å². The molecule has 2 aromatic carbocycles. The second kappa shape index (κ2) is 9.53. The van der Waals surface area contributed by atoms with Crippen molar-refractivity contribution in [2.24, 2.45) is 11.8 Å². The molecule has 32 heavy (non-hydrogen) atoms. The molecule has 0 aliphatic carbocycles. The molecule has 7 nitrogen and oxygen atoms in total. The molecule has 0 aromatic heterocycles. The number of hydrogen-bond donors (Lipinski definition) is 5. The Labute approximate surface area is 187 Å². The second-order valence-corrected chi connectivity index (χ2v) is 8.72. The number of allylic oxidation sites excluding steroid dienone is 2. The van der Waals surface area contributed by atoms with Crippen molar-refractivity contribution < 1.29 is 35.1 Å². The summed E-state index contributed by atoms with van der Waals surface area (Å²) in [6.45, 7) is 5.84. The van der Waals surface area contributed by atoms with Crippen LogP contribution >= 0.6 is 0 Å². The summed E-state index contributed by atoms with van der Waals surface area (Å²) in [5.41, 5.74) is 1.83. The van der Waals surface area contributed by atoms with E-state index in [1.165, 1.54) is 12.1 Å². The van der Waals surface area contributed by atoms with Crippen molar-refractivity contribution in [3.63, 3.8) is 0 Å². The number of ketones is 1. The van der Waals surface area contributed by atoms with Crippen molar-refractivity contribution in [2.45, 2.75) is 46.1 Å². The van der Waals surface area contributed by atoms with Crippen molar-refractivity contribution in [1.29, 1.82) is 0 Å². The summed E-state index contributed by atoms with van der Waals surface area (Å²) in [5.74, 6) is -1.31. The number of phenolic OH excluding ortho intramolecular Hbond substituents is 4. The fourth-order valence-corrected chi connectivity index (χ4v) is 4.02. The first kappa shape index (κ1) is 23.5. The molecule has 0 saturated carbocycles. The lowest BCUT2D eigenvalue weighted by molar-refractivity contribution is 0.0837. The predicted molar refractivity (Wildman–Crippen MR) is 119 cm³/mol. The molecule has 0 spiro atoms. The lowest BCUT2D eigenvalue weighted by atomic mass is 9.83. The van der Waals surface area contributed by atoms with Crippen molar-refractivity contribution in [3.8, 4) is 28.7 Å². The van der Waals surface area contributed by atoms with E-state index < -0.39 is 6.10 Å². The van der Waals surface area contributed by atoms with Gasteiger partial charge in [-0.25, -0.2) is 0 Å². The summed E-state index contributed by atoms with van der Waals surface area (Å²) in [5, 5.41) is 50.5. The molecule has 0 saturated heterocycles. The number of rotatable bonds is 7. The van der Waals surface area contributed by atoms with Crippen molar-refractivity contribution >= 4 is 5.78 Å². The van der Waals surface area contributed by atoms with Crippen LogP contribution in [0, 0.1) is 11.8 Å². The zero-order chi connectivity index (χ0) is 23.6. The van der Waals surface area contributed by atoms with Gasteiger partial charge in [0.15, 0.2) is 5.78 Å². The SMILES string of the molecule is CC(C)=CC[C@H](Cc1c(O)cc(O)c2c1O[C@H](c1ccc(O)cc1O)CC2=O)[C@@H](C)CO. The molecule has 0 amide bonds. The molecule has 172 valence electrons. The zero-order valence-corrected chi connectivity index (χ0v) is 18.5. The first-order valence-corrected chi connectivity index (χ1v) is 10.7. The Bertz CT molecular complexity index is 1040. The first-order valence-electron chi connectivity index (χ1n) is 10.7. The van der Waals surface area contributed by atoms with Crippen LogP contribution in [0.1, 0.15) is 61.2 Å². The molecule has 7 heteroatoms. The number of ether oxygens (including phenoxy) is 1. The van der Waals surface area contributed by atoms with Gasteiger partial charge in [-0.3, -0.25) is 4.79 Å². The Morgan fingerprint density at radius 3 is 2.47 bits per heavy atom. The third kappa shape index (κ3) is 4.83. The maximum absolute atomic E-state index is 12.9. The molecule has 3 atom stereocenters. The molecule has 1 heterocycles. The van der Waals surface area contributed by atoms with Crippen LogP contribution < -0.4 is 4.74 Å². The third-order valence-electron chi connectivity index (χ3n) is 6.00.